The number of rotatable bonds is 42. The van der Waals surface area contributed by atoms with Gasteiger partial charge in [-0.1, -0.05) is 75.3 Å². The van der Waals surface area contributed by atoms with Gasteiger partial charge in [-0.05, 0) is 105 Å². The topological polar surface area (TPSA) is 436 Å². The highest BCUT2D eigenvalue weighted by Gasteiger charge is 2.29. The van der Waals surface area contributed by atoms with Gasteiger partial charge >= 0.3 is 35.9 Å². The van der Waals surface area contributed by atoms with E-state index < -0.39 is 153 Å². The fourth-order valence-corrected chi connectivity index (χ4v) is 9.71. The lowest BCUT2D eigenvalue weighted by atomic mass is 9.92. The lowest BCUT2D eigenvalue weighted by Gasteiger charge is -2.17. The van der Waals surface area contributed by atoms with E-state index in [0.717, 1.165) is 68.1 Å². The maximum Gasteiger partial charge on any atom is 0.326 e. The first-order valence-electron chi connectivity index (χ1n) is 29.4. The van der Waals surface area contributed by atoms with Crippen LogP contribution in [0.4, 0.5) is 26.4 Å². The highest BCUT2D eigenvalue weighted by atomic mass is 32.1. The SMILES string of the molecule is Cc1ccc(F)c(NC(=O)Nc2ccc(-c3cccc4c3c(N)nn4C(=O)CCCCCCCCCCCNC(=O)CCC[C@H](N)C(=O)C[C@@H](CCC(=O)N[C@@H](CCC(=O)C[C@@H](CCC(=O)N[C@@H](CCC(=O)O)C(=O)O)C(=O)O)C(=O)O)C(=O)O)cc2)c1.S.S.S.S.S.S.S.S.S. The number of nitrogens with two attached hydrogens (primary N) is 2. The van der Waals surface area contributed by atoms with Gasteiger partial charge in [-0.25, -0.2) is 18.8 Å². The number of aliphatic carboxylic acids is 5. The molecule has 97 heavy (non-hydrogen) atoms. The number of aryl methyl sites for hydroxylation is 1. The van der Waals surface area contributed by atoms with Crippen molar-refractivity contribution in [1.29, 1.82) is 0 Å². The van der Waals surface area contributed by atoms with Crippen molar-refractivity contribution >= 4 is 221 Å². The van der Waals surface area contributed by atoms with Crippen molar-refractivity contribution in [3.63, 3.8) is 0 Å². The second kappa shape index (κ2) is 53.9. The van der Waals surface area contributed by atoms with Gasteiger partial charge < -0.3 is 63.6 Å². The Morgan fingerprint density at radius 3 is 1.58 bits per heavy atom. The zero-order chi connectivity index (χ0) is 64.9. The molecule has 3 aromatic carbocycles. The third-order valence-electron chi connectivity index (χ3n) is 14.7. The second-order valence-electron chi connectivity index (χ2n) is 21.8. The zero-order valence-corrected chi connectivity index (χ0v) is 62.7. The maximum absolute atomic E-state index is 14.1. The van der Waals surface area contributed by atoms with E-state index in [-0.39, 0.29) is 170 Å². The number of fused-ring (bicyclic) bond motifs is 1. The third-order valence-corrected chi connectivity index (χ3v) is 14.7. The summed E-state index contributed by atoms with van der Waals surface area (Å²) in [6.07, 6.45) is 4.11. The Hall–Kier alpha value is -5.99. The molecule has 0 aliphatic heterocycles. The maximum atomic E-state index is 14.1. The molecular weight excluding hydrogens is 1440 g/mol. The minimum atomic E-state index is -1.63. The van der Waals surface area contributed by atoms with Crippen molar-refractivity contribution in [2.45, 2.75) is 173 Å². The van der Waals surface area contributed by atoms with Gasteiger partial charge in [0.1, 0.15) is 29.5 Å². The molecule has 5 amide bonds. The lowest BCUT2D eigenvalue weighted by Crippen LogP contribution is -2.41. The average Bonchev–Trinajstić information content (AvgIpc) is 1.64. The Bertz CT molecular complexity index is 3160. The molecule has 0 radical (unpaired) electrons. The van der Waals surface area contributed by atoms with Crippen LogP contribution in [0.5, 0.6) is 0 Å². The molecule has 0 aliphatic rings. The number of amides is 5. The Morgan fingerprint density at radius 2 is 1.05 bits per heavy atom. The van der Waals surface area contributed by atoms with Gasteiger partial charge in [-0.2, -0.15) is 126 Å². The number of halogens is 1. The van der Waals surface area contributed by atoms with Crippen LogP contribution < -0.4 is 38.1 Å². The predicted molar refractivity (Wildman–Crippen MR) is 414 cm³/mol. The molecule has 1 heterocycles. The number of nitrogens with one attached hydrogen (secondary N) is 5. The first-order valence-corrected chi connectivity index (χ1v) is 29.4. The van der Waals surface area contributed by atoms with Crippen molar-refractivity contribution < 1.29 is 87.5 Å². The number of nitrogens with zero attached hydrogens (tertiary/aromatic N) is 2. The van der Waals surface area contributed by atoms with Gasteiger partial charge in [0.25, 0.3) is 0 Å². The smallest absolute Gasteiger partial charge is 0.326 e. The lowest BCUT2D eigenvalue weighted by molar-refractivity contribution is -0.145. The fourth-order valence-electron chi connectivity index (χ4n) is 9.71. The summed E-state index contributed by atoms with van der Waals surface area (Å²) in [5.41, 5.74) is 15.9. The molecule has 0 unspecified atom stereocenters. The third kappa shape index (κ3) is 37.7. The van der Waals surface area contributed by atoms with Crippen LogP contribution in [0.2, 0.25) is 0 Å². The van der Waals surface area contributed by atoms with Crippen LogP contribution in [0.25, 0.3) is 22.0 Å². The number of unbranched alkanes of at least 4 members (excludes halogenated alkanes) is 8. The molecule has 5 atom stereocenters. The Kier molecular flexibility index (Phi) is 56.7. The number of benzene rings is 3. The summed E-state index contributed by atoms with van der Waals surface area (Å²) in [5, 5.41) is 64.4. The van der Waals surface area contributed by atoms with E-state index in [1.807, 2.05) is 12.1 Å². The van der Waals surface area contributed by atoms with E-state index in [0.29, 0.717) is 36.0 Å². The van der Waals surface area contributed by atoms with Crippen LogP contribution in [0.3, 0.4) is 0 Å². The van der Waals surface area contributed by atoms with E-state index in [1.165, 1.54) is 16.8 Å². The summed E-state index contributed by atoms with van der Waals surface area (Å²) in [7, 11) is 0. The van der Waals surface area contributed by atoms with Crippen LogP contribution >= 0.6 is 121 Å². The zero-order valence-electron chi connectivity index (χ0n) is 53.7. The van der Waals surface area contributed by atoms with Gasteiger partial charge in [0, 0.05) is 63.6 Å². The number of hydrogen-bond acceptors (Lipinski definition) is 15. The van der Waals surface area contributed by atoms with Crippen molar-refractivity contribution in [1.82, 2.24) is 25.7 Å². The van der Waals surface area contributed by atoms with Crippen molar-refractivity contribution in [3.05, 3.63) is 72.0 Å². The number of hydrogen-bond donors (Lipinski definition) is 12. The number of aromatic nitrogens is 2. The summed E-state index contributed by atoms with van der Waals surface area (Å²) < 4.78 is 15.5. The summed E-state index contributed by atoms with van der Waals surface area (Å²) in [5.74, 6) is -13.8. The van der Waals surface area contributed by atoms with Gasteiger partial charge in [0.2, 0.25) is 23.6 Å². The van der Waals surface area contributed by atoms with Gasteiger partial charge in [0.05, 0.1) is 34.5 Å². The summed E-state index contributed by atoms with van der Waals surface area (Å²) in [4.78, 5) is 147. The standard InChI is InChI=1S/C61H80FN9O17.9H2S/c1-36-18-26-43(62)47(33-36)69-61(88)66-40-23-19-37(20-24-40)42-13-11-15-48-55(42)56(64)70-71(48)53(77)17-9-7-5-3-2-4-6-8-10-32-65-50(74)16-12-14-44(63)49(73)35-39(58(82)83)22-30-52(76)67-45(59(84)85)27-25-41(72)34-38(57(80)81)21-29-51(75)68-46(60(86)87)28-31-54(78)79;;;;;;;;;/h11,13,15,18-20,23-24,26,33,38-39,44-46H,2-10,12,14,16-17,21-22,25,27-32,34-35,63H2,1H3,(H2,64,70)(H,65,74)(H,67,76)(H,68,75)(H,78,79)(H,80,81)(H,82,83)(H,84,85)(H,86,87)(H2,66,69,88);9*1H2/t38-,39-,44+,45+,46+;;;;;;;;;/m1........./s1. The first kappa shape index (κ1) is 102. The molecule has 0 aliphatic carbocycles. The average molecular weight is 1540 g/mol. The number of carbonyl (C=O) groups excluding carboxylic acids is 7. The summed E-state index contributed by atoms with van der Waals surface area (Å²) >= 11 is 0. The number of carbonyl (C=O) groups is 12. The predicted octanol–water partition coefficient (Wildman–Crippen LogP) is 8.21. The quantitative estimate of drug-likeness (QED) is 0.0186. The summed E-state index contributed by atoms with van der Waals surface area (Å²) in [6.45, 7) is 2.27. The number of nitrogen functional groups attached to an aromatic ring is 1. The molecule has 0 bridgehead atoms. The van der Waals surface area contributed by atoms with E-state index in [2.05, 4.69) is 31.7 Å². The first-order chi connectivity index (χ1) is 41.8. The number of carboxylic acids is 5. The normalized spacial score (nSPS) is 11.6. The monoisotopic (exact) mass is 1540 g/mol. The van der Waals surface area contributed by atoms with Gasteiger partial charge in [-0.3, -0.25) is 43.2 Å². The Labute approximate surface area is 625 Å². The van der Waals surface area contributed by atoms with Crippen LogP contribution in [-0.2, 0) is 47.9 Å². The number of ketones is 2. The minimum Gasteiger partial charge on any atom is -0.481 e. The molecule has 4 aromatic rings. The largest absolute Gasteiger partial charge is 0.481 e. The van der Waals surface area contributed by atoms with E-state index >= 15 is 0 Å². The molecule has 14 N–H and O–H groups in total. The molecule has 36 heteroatoms. The van der Waals surface area contributed by atoms with E-state index in [4.69, 9.17) is 16.6 Å². The molecule has 0 saturated heterocycles. The van der Waals surface area contributed by atoms with Gasteiger partial charge in [0.15, 0.2) is 5.82 Å². The molecule has 0 fully saturated rings. The molecular formula is C61H98FN9O17S9. The van der Waals surface area contributed by atoms with Crippen molar-refractivity contribution in [2.75, 3.05) is 22.9 Å². The van der Waals surface area contributed by atoms with Crippen LogP contribution in [0.1, 0.15) is 158 Å². The molecule has 1 aromatic heterocycles. The van der Waals surface area contributed by atoms with Crippen LogP contribution in [0, 0.1) is 24.6 Å². The molecule has 4 rings (SSSR count). The number of carboxylic acid groups (broad SMARTS) is 5. The highest BCUT2D eigenvalue weighted by molar-refractivity contribution is 7.60. The molecule has 0 saturated carbocycles. The molecule has 26 nitrogen and oxygen atoms in total. The molecule has 0 spiro atoms. The van der Waals surface area contributed by atoms with E-state index in [9.17, 15) is 82.4 Å². The van der Waals surface area contributed by atoms with Crippen molar-refractivity contribution in [3.8, 4) is 11.1 Å². The Morgan fingerprint density at radius 1 is 0.536 bits per heavy atom. The minimum absolute atomic E-state index is 0. The van der Waals surface area contributed by atoms with Gasteiger partial charge in [-0.15, -0.1) is 5.10 Å². The second-order valence-corrected chi connectivity index (χ2v) is 21.8. The molecule has 550 valence electrons. The van der Waals surface area contributed by atoms with Crippen LogP contribution in [-0.4, -0.2) is 131 Å². The highest BCUT2D eigenvalue weighted by Crippen LogP contribution is 2.34. The number of urea groups is 1. The number of Topliss-reactive ketones (excluding diaryl/α,β-unsaturated/α-hetero) is 2. The fraction of sp³-hybridized carbons (Fsp3) is 0.492. The summed E-state index contributed by atoms with van der Waals surface area (Å²) in [6, 6.07) is 12.1. The van der Waals surface area contributed by atoms with Crippen molar-refractivity contribution in [2.24, 2.45) is 17.6 Å². The number of anilines is 3. The van der Waals surface area contributed by atoms with E-state index in [1.54, 1.807) is 43.3 Å². The Balaban J connectivity index is -0.00000230. The van der Waals surface area contributed by atoms with Crippen LogP contribution in [0.15, 0.2) is 60.7 Å².